The van der Waals surface area contributed by atoms with E-state index in [1.54, 1.807) is 0 Å². The average Bonchev–Trinajstić information content (AvgIpc) is 3.62. The normalized spacial score (nSPS) is 12.1. The smallest absolute Gasteiger partial charge is 0.236 e. The molecule has 0 saturated carbocycles. The van der Waals surface area contributed by atoms with Crippen LogP contribution in [0.2, 0.25) is 0 Å². The van der Waals surface area contributed by atoms with Crippen LogP contribution in [0.3, 0.4) is 0 Å². The molecular weight excluding hydrogens is 538 g/mol. The number of hydrogen-bond acceptors (Lipinski definition) is 3. The third-order valence-corrected chi connectivity index (χ3v) is 8.95. The number of hydrogen-bond donors (Lipinski definition) is 0. The average molecular weight is 562 g/mol. The molecule has 0 saturated heterocycles. The minimum Gasteiger partial charge on any atom is -0.452 e. The van der Waals surface area contributed by atoms with Gasteiger partial charge in [0.2, 0.25) is 5.95 Å². The summed E-state index contributed by atoms with van der Waals surface area (Å²) in [4.78, 5) is 10.6. The lowest BCUT2D eigenvalue weighted by atomic mass is 10.0. The molecule has 0 aliphatic rings. The second-order valence-electron chi connectivity index (χ2n) is 11.4. The number of fused-ring (bicyclic) bond motifs is 10. The SMILES string of the molecule is c1ccc2cc(-c3nc(-n4c5cc6ccccc6cc5c5c6ccccc6ccc54)nc4c3oc3ccccc34)ccc2c1. The summed E-state index contributed by atoms with van der Waals surface area (Å²) in [5.74, 6) is 0.623. The Kier molecular flexibility index (Phi) is 4.69. The van der Waals surface area contributed by atoms with E-state index in [2.05, 4.69) is 126 Å². The topological polar surface area (TPSA) is 43.9 Å². The van der Waals surface area contributed by atoms with E-state index in [-0.39, 0.29) is 0 Å². The number of benzene rings is 7. The molecule has 0 fully saturated rings. The number of rotatable bonds is 2. The van der Waals surface area contributed by atoms with Gasteiger partial charge in [-0.25, -0.2) is 9.97 Å². The lowest BCUT2D eigenvalue weighted by Crippen LogP contribution is -2.03. The highest BCUT2D eigenvalue weighted by molar-refractivity contribution is 6.23. The van der Waals surface area contributed by atoms with Gasteiger partial charge in [-0.2, -0.15) is 0 Å². The van der Waals surface area contributed by atoms with Gasteiger partial charge >= 0.3 is 0 Å². The maximum absolute atomic E-state index is 6.48. The summed E-state index contributed by atoms with van der Waals surface area (Å²) < 4.78 is 8.71. The van der Waals surface area contributed by atoms with Crippen LogP contribution >= 0.6 is 0 Å². The Morgan fingerprint density at radius 1 is 0.477 bits per heavy atom. The van der Waals surface area contributed by atoms with E-state index in [9.17, 15) is 0 Å². The molecule has 7 aromatic carbocycles. The molecule has 4 heteroatoms. The largest absolute Gasteiger partial charge is 0.452 e. The zero-order valence-electron chi connectivity index (χ0n) is 23.5. The van der Waals surface area contributed by atoms with Gasteiger partial charge in [0.1, 0.15) is 16.8 Å². The number of furan rings is 1. The Morgan fingerprint density at radius 3 is 1.98 bits per heavy atom. The fraction of sp³-hybridized carbons (Fsp3) is 0. The van der Waals surface area contributed by atoms with Crippen LogP contribution in [0, 0.1) is 0 Å². The van der Waals surface area contributed by atoms with Crippen LogP contribution < -0.4 is 0 Å². The van der Waals surface area contributed by atoms with Crippen LogP contribution in [0.5, 0.6) is 0 Å². The van der Waals surface area contributed by atoms with Crippen molar-refractivity contribution in [3.63, 3.8) is 0 Å². The van der Waals surface area contributed by atoms with E-state index >= 15 is 0 Å². The summed E-state index contributed by atoms with van der Waals surface area (Å²) in [6.07, 6.45) is 0. The van der Waals surface area contributed by atoms with E-state index in [1.807, 2.05) is 18.2 Å². The van der Waals surface area contributed by atoms with Gasteiger partial charge in [-0.1, -0.05) is 103 Å². The Morgan fingerprint density at radius 2 is 1.14 bits per heavy atom. The van der Waals surface area contributed by atoms with Gasteiger partial charge in [-0.15, -0.1) is 0 Å². The molecule has 0 radical (unpaired) electrons. The van der Waals surface area contributed by atoms with Crippen LogP contribution in [-0.4, -0.2) is 14.5 Å². The summed E-state index contributed by atoms with van der Waals surface area (Å²) in [6, 6.07) is 49.1. The molecule has 3 aromatic heterocycles. The third-order valence-electron chi connectivity index (χ3n) is 8.95. The maximum atomic E-state index is 6.48. The molecule has 10 rings (SSSR count). The predicted octanol–water partition coefficient (Wildman–Crippen LogP) is 10.6. The lowest BCUT2D eigenvalue weighted by Gasteiger charge is -2.10. The van der Waals surface area contributed by atoms with Crippen molar-refractivity contribution >= 4 is 76.2 Å². The summed E-state index contributed by atoms with van der Waals surface area (Å²) in [6.45, 7) is 0. The molecule has 0 bridgehead atoms. The first-order chi connectivity index (χ1) is 21.8. The highest BCUT2D eigenvalue weighted by Crippen LogP contribution is 2.40. The highest BCUT2D eigenvalue weighted by Gasteiger charge is 2.22. The van der Waals surface area contributed by atoms with Gasteiger partial charge in [0.05, 0.1) is 11.0 Å². The van der Waals surface area contributed by atoms with E-state index in [0.29, 0.717) is 11.5 Å². The first-order valence-corrected chi connectivity index (χ1v) is 14.8. The van der Waals surface area contributed by atoms with Crippen LogP contribution in [0.25, 0.3) is 93.4 Å². The van der Waals surface area contributed by atoms with Gasteiger partial charge < -0.3 is 4.42 Å². The molecule has 0 N–H and O–H groups in total. The maximum Gasteiger partial charge on any atom is 0.236 e. The van der Waals surface area contributed by atoms with Gasteiger partial charge in [0.15, 0.2) is 5.58 Å². The van der Waals surface area contributed by atoms with Gasteiger partial charge in [0, 0.05) is 21.7 Å². The standard InChI is InChI=1S/C40H23N3O/c1-2-11-26-21-29(18-17-24(26)9-1)37-39-38(31-15-7-8-16-35(31)44-39)42-40(41-37)43-33-20-19-25-10-5-6-14-30(25)36(33)32-22-27-12-3-4-13-28(27)23-34(32)43/h1-23H. The second-order valence-corrected chi connectivity index (χ2v) is 11.4. The molecule has 10 aromatic rings. The molecule has 0 amide bonds. The quantitative estimate of drug-likeness (QED) is 0.211. The zero-order valence-corrected chi connectivity index (χ0v) is 23.5. The van der Waals surface area contributed by atoms with Crippen LogP contribution in [-0.2, 0) is 0 Å². The highest BCUT2D eigenvalue weighted by atomic mass is 16.3. The predicted molar refractivity (Wildman–Crippen MR) is 182 cm³/mol. The summed E-state index contributed by atoms with van der Waals surface area (Å²) >= 11 is 0. The minimum absolute atomic E-state index is 0.623. The molecule has 44 heavy (non-hydrogen) atoms. The Labute approximate surface area is 251 Å². The van der Waals surface area contributed by atoms with E-state index in [4.69, 9.17) is 14.4 Å². The molecule has 0 aliphatic heterocycles. The van der Waals surface area contributed by atoms with Crippen molar-refractivity contribution in [3.05, 3.63) is 140 Å². The molecule has 0 unspecified atom stereocenters. The summed E-state index contributed by atoms with van der Waals surface area (Å²) in [7, 11) is 0. The Bertz CT molecular complexity index is 2790. The monoisotopic (exact) mass is 561 g/mol. The first-order valence-electron chi connectivity index (χ1n) is 14.8. The van der Waals surface area contributed by atoms with Gasteiger partial charge in [-0.05, 0) is 68.7 Å². The fourth-order valence-corrected chi connectivity index (χ4v) is 6.90. The molecule has 0 spiro atoms. The summed E-state index contributed by atoms with van der Waals surface area (Å²) in [5, 5.41) is 10.5. The van der Waals surface area contributed by atoms with Gasteiger partial charge in [-0.3, -0.25) is 4.57 Å². The van der Waals surface area contributed by atoms with Crippen molar-refractivity contribution in [2.45, 2.75) is 0 Å². The van der Waals surface area contributed by atoms with E-state index in [0.717, 1.165) is 44.2 Å². The number of nitrogens with zero attached hydrogens (tertiary/aromatic N) is 3. The van der Waals surface area contributed by atoms with Crippen molar-refractivity contribution < 1.29 is 4.42 Å². The molecule has 0 atom stereocenters. The molecular formula is C40H23N3O. The number of para-hydroxylation sites is 1. The van der Waals surface area contributed by atoms with Crippen LogP contribution in [0.1, 0.15) is 0 Å². The third kappa shape index (κ3) is 3.28. The number of aromatic nitrogens is 3. The summed E-state index contributed by atoms with van der Waals surface area (Å²) in [5.41, 5.74) is 6.23. The lowest BCUT2D eigenvalue weighted by molar-refractivity contribution is 0.666. The van der Waals surface area contributed by atoms with Crippen LogP contribution in [0.4, 0.5) is 0 Å². The van der Waals surface area contributed by atoms with Gasteiger partial charge in [0.25, 0.3) is 0 Å². The van der Waals surface area contributed by atoms with Crippen molar-refractivity contribution in [2.24, 2.45) is 0 Å². The van der Waals surface area contributed by atoms with E-state index in [1.165, 1.54) is 37.7 Å². The molecule has 0 aliphatic carbocycles. The van der Waals surface area contributed by atoms with E-state index < -0.39 is 0 Å². The van der Waals surface area contributed by atoms with Crippen molar-refractivity contribution in [1.82, 2.24) is 14.5 Å². The molecule has 204 valence electrons. The zero-order chi connectivity index (χ0) is 28.8. The van der Waals surface area contributed by atoms with Crippen LogP contribution in [0.15, 0.2) is 144 Å². The second kappa shape index (κ2) is 8.76. The minimum atomic E-state index is 0.623. The van der Waals surface area contributed by atoms with Crippen molar-refractivity contribution in [2.75, 3.05) is 0 Å². The Balaban J connectivity index is 1.38. The van der Waals surface area contributed by atoms with Crippen molar-refractivity contribution in [3.8, 4) is 17.2 Å². The first kappa shape index (κ1) is 23.6. The molecule has 4 nitrogen and oxygen atoms in total. The van der Waals surface area contributed by atoms with Crippen molar-refractivity contribution in [1.29, 1.82) is 0 Å². The Hall–Kier alpha value is -6.00. The molecule has 3 heterocycles. The fourth-order valence-electron chi connectivity index (χ4n) is 6.90.